The average Bonchev–Trinajstić information content (AvgIpc) is 2.18. The third-order valence-electron chi connectivity index (χ3n) is 2.34. The molecule has 2 atom stereocenters. The van der Waals surface area contributed by atoms with Gasteiger partial charge in [0.2, 0.25) is 5.91 Å². The number of carbonyl (C=O) groups excluding carboxylic acids is 2. The predicted molar refractivity (Wildman–Crippen MR) is 52.7 cm³/mol. The lowest BCUT2D eigenvalue weighted by Crippen LogP contribution is -2.57. The smallest absolute Gasteiger partial charge is 0.330 e. The summed E-state index contributed by atoms with van der Waals surface area (Å²) >= 11 is 1.67. The van der Waals surface area contributed by atoms with Gasteiger partial charge in [-0.3, -0.25) is 4.79 Å². The van der Waals surface area contributed by atoms with Crippen LogP contribution in [0.2, 0.25) is 0 Å². The minimum atomic E-state index is -0.415. The topological polar surface area (TPSA) is 46.6 Å². The van der Waals surface area contributed by atoms with E-state index in [0.29, 0.717) is 18.3 Å². The zero-order valence-corrected chi connectivity index (χ0v) is 8.46. The predicted octanol–water partition coefficient (Wildman–Crippen LogP) is 0.389. The van der Waals surface area contributed by atoms with Crippen molar-refractivity contribution in [2.75, 3.05) is 12.3 Å². The van der Waals surface area contributed by atoms with Crippen molar-refractivity contribution in [1.29, 1.82) is 0 Å². The number of hydrogen-bond donors (Lipinski definition) is 0. The Labute approximate surface area is 86.3 Å². The van der Waals surface area contributed by atoms with Crippen LogP contribution in [0.5, 0.6) is 0 Å². The summed E-state index contributed by atoms with van der Waals surface area (Å²) in [5.41, 5.74) is 0. The molecule has 4 nitrogen and oxygen atoms in total. The Morgan fingerprint density at radius 3 is 3.14 bits per heavy atom. The summed E-state index contributed by atoms with van der Waals surface area (Å²) in [6.07, 6.45) is 1.60. The van der Waals surface area contributed by atoms with E-state index in [1.807, 2.05) is 0 Å². The van der Waals surface area contributed by atoms with Crippen molar-refractivity contribution in [2.24, 2.45) is 0 Å². The Morgan fingerprint density at radius 2 is 2.50 bits per heavy atom. The highest BCUT2D eigenvalue weighted by atomic mass is 32.2. The second-order valence-electron chi connectivity index (χ2n) is 3.30. The van der Waals surface area contributed by atoms with Crippen molar-refractivity contribution in [3.8, 4) is 0 Å². The van der Waals surface area contributed by atoms with Gasteiger partial charge in [-0.05, 0) is 0 Å². The van der Waals surface area contributed by atoms with Crippen molar-refractivity contribution in [2.45, 2.75) is 17.9 Å². The molecule has 2 aliphatic rings. The Bertz CT molecular complexity index is 292. The van der Waals surface area contributed by atoms with E-state index < -0.39 is 5.97 Å². The summed E-state index contributed by atoms with van der Waals surface area (Å²) in [5.74, 6) is 0.512. The van der Waals surface area contributed by atoms with E-state index in [0.717, 1.165) is 11.8 Å². The number of amides is 1. The molecule has 2 saturated heterocycles. The maximum atomic E-state index is 11.1. The molecule has 14 heavy (non-hydrogen) atoms. The Kier molecular flexibility index (Phi) is 2.50. The number of nitrogens with zero attached hydrogens (tertiary/aromatic N) is 1. The van der Waals surface area contributed by atoms with Crippen LogP contribution in [0.3, 0.4) is 0 Å². The molecule has 2 aliphatic heterocycles. The third kappa shape index (κ3) is 1.64. The number of carbonyl (C=O) groups is 2. The number of esters is 1. The number of fused-ring (bicyclic) bond motifs is 1. The van der Waals surface area contributed by atoms with Crippen LogP contribution in [0.25, 0.3) is 0 Å². The van der Waals surface area contributed by atoms with Gasteiger partial charge in [0.05, 0.1) is 18.3 Å². The minimum Gasteiger partial charge on any atom is -0.456 e. The summed E-state index contributed by atoms with van der Waals surface area (Å²) in [5, 5.41) is 0.321. The fourth-order valence-electron chi connectivity index (χ4n) is 1.57. The molecule has 5 heteroatoms. The molecule has 1 amide bonds. The first-order valence-corrected chi connectivity index (χ1v) is 5.49. The molecule has 2 heterocycles. The molecule has 2 fully saturated rings. The highest BCUT2D eigenvalue weighted by molar-refractivity contribution is 8.00. The van der Waals surface area contributed by atoms with Gasteiger partial charge < -0.3 is 9.64 Å². The molecule has 1 unspecified atom stereocenters. The Hall–Kier alpha value is -0.970. The second-order valence-corrected chi connectivity index (χ2v) is 4.51. The molecule has 2 rings (SSSR count). The largest absolute Gasteiger partial charge is 0.456 e. The van der Waals surface area contributed by atoms with Crippen molar-refractivity contribution >= 4 is 23.6 Å². The summed E-state index contributed by atoms with van der Waals surface area (Å²) in [4.78, 5) is 23.8. The van der Waals surface area contributed by atoms with Crippen molar-refractivity contribution < 1.29 is 14.3 Å². The number of ether oxygens (including phenoxy) is 1. The molecule has 0 saturated carbocycles. The maximum absolute atomic E-state index is 11.1. The van der Waals surface area contributed by atoms with Crippen LogP contribution in [0, 0.1) is 0 Å². The first-order valence-electron chi connectivity index (χ1n) is 4.45. The van der Waals surface area contributed by atoms with Crippen molar-refractivity contribution in [3.63, 3.8) is 0 Å². The third-order valence-corrected chi connectivity index (χ3v) is 3.71. The quantitative estimate of drug-likeness (QED) is 0.378. The summed E-state index contributed by atoms with van der Waals surface area (Å²) in [6, 6.07) is 0. The Balaban J connectivity index is 1.87. The molecule has 76 valence electrons. The van der Waals surface area contributed by atoms with Gasteiger partial charge in [-0.25, -0.2) is 4.79 Å². The molecular formula is C9H11NO3S. The zero-order valence-electron chi connectivity index (χ0n) is 7.64. The average molecular weight is 213 g/mol. The van der Waals surface area contributed by atoms with Gasteiger partial charge in [-0.2, -0.15) is 0 Å². The Morgan fingerprint density at radius 1 is 1.71 bits per heavy atom. The number of hydrogen-bond acceptors (Lipinski definition) is 4. The van der Waals surface area contributed by atoms with E-state index in [2.05, 4.69) is 6.58 Å². The van der Waals surface area contributed by atoms with Gasteiger partial charge in [-0.1, -0.05) is 6.58 Å². The number of thioether (sulfide) groups is 1. The molecule has 0 N–H and O–H groups in total. The lowest BCUT2D eigenvalue weighted by Gasteiger charge is -2.45. The van der Waals surface area contributed by atoms with Crippen LogP contribution in [0.15, 0.2) is 12.7 Å². The minimum absolute atomic E-state index is 0.154. The second kappa shape index (κ2) is 3.65. The summed E-state index contributed by atoms with van der Waals surface area (Å²) < 4.78 is 5.07. The number of rotatable bonds is 2. The van der Waals surface area contributed by atoms with Gasteiger partial charge in [0.25, 0.3) is 0 Å². The number of β-lactam (4-membered cyclic amide) rings is 1. The first-order chi connectivity index (χ1) is 6.70. The van der Waals surface area contributed by atoms with Gasteiger partial charge >= 0.3 is 5.97 Å². The maximum Gasteiger partial charge on any atom is 0.330 e. The van der Waals surface area contributed by atoms with E-state index >= 15 is 0 Å². The highest BCUT2D eigenvalue weighted by Crippen LogP contribution is 2.34. The molecular weight excluding hydrogens is 202 g/mol. The molecule has 0 bridgehead atoms. The van der Waals surface area contributed by atoms with E-state index in [4.69, 9.17) is 4.74 Å². The molecule has 0 aromatic carbocycles. The van der Waals surface area contributed by atoms with Gasteiger partial charge in [-0.15, -0.1) is 11.8 Å². The van der Waals surface area contributed by atoms with E-state index in [9.17, 15) is 9.59 Å². The molecule has 0 aliphatic carbocycles. The monoisotopic (exact) mass is 213 g/mol. The summed E-state index contributed by atoms with van der Waals surface area (Å²) in [7, 11) is 0. The fourth-order valence-corrected chi connectivity index (χ4v) is 2.82. The van der Waals surface area contributed by atoms with Crippen LogP contribution in [0.4, 0.5) is 0 Å². The SMILES string of the molecule is C=CC(=O)OC1CS[C@H]2CC(=O)N2C1. The lowest BCUT2D eigenvalue weighted by molar-refractivity contribution is -0.151. The molecule has 0 spiro atoms. The molecule has 0 radical (unpaired) electrons. The lowest BCUT2D eigenvalue weighted by atomic mass is 10.1. The van der Waals surface area contributed by atoms with Gasteiger partial charge in [0, 0.05) is 11.8 Å². The zero-order chi connectivity index (χ0) is 10.1. The van der Waals surface area contributed by atoms with Gasteiger partial charge in [0.15, 0.2) is 0 Å². The van der Waals surface area contributed by atoms with Crippen molar-refractivity contribution in [3.05, 3.63) is 12.7 Å². The van der Waals surface area contributed by atoms with Crippen LogP contribution < -0.4 is 0 Å². The van der Waals surface area contributed by atoms with E-state index in [1.165, 1.54) is 0 Å². The van der Waals surface area contributed by atoms with Crippen LogP contribution >= 0.6 is 11.8 Å². The molecule has 0 aromatic rings. The van der Waals surface area contributed by atoms with Crippen LogP contribution in [-0.2, 0) is 14.3 Å². The highest BCUT2D eigenvalue weighted by Gasteiger charge is 2.42. The van der Waals surface area contributed by atoms with E-state index in [-0.39, 0.29) is 12.0 Å². The summed E-state index contributed by atoms with van der Waals surface area (Å²) in [6.45, 7) is 3.86. The first kappa shape index (κ1) is 9.58. The fraction of sp³-hybridized carbons (Fsp3) is 0.556. The van der Waals surface area contributed by atoms with E-state index in [1.54, 1.807) is 16.7 Å². The standard InChI is InChI=1S/C9H11NO3S/c1-2-9(12)13-6-4-10-7(11)3-8(10)14-5-6/h2,6,8H,1,3-5H2/t6?,8-/m0/s1. The molecule has 0 aromatic heterocycles. The van der Waals surface area contributed by atoms with Gasteiger partial charge in [0.1, 0.15) is 6.10 Å². The van der Waals surface area contributed by atoms with Crippen LogP contribution in [-0.4, -0.2) is 40.6 Å². The van der Waals surface area contributed by atoms with Crippen LogP contribution in [0.1, 0.15) is 6.42 Å². The van der Waals surface area contributed by atoms with Crippen molar-refractivity contribution in [1.82, 2.24) is 4.90 Å². The normalized spacial score (nSPS) is 30.3.